The lowest BCUT2D eigenvalue weighted by Gasteiger charge is -2.22. The van der Waals surface area contributed by atoms with Crippen LogP contribution in [0.4, 0.5) is 4.39 Å². The van der Waals surface area contributed by atoms with Crippen LogP contribution in [0.1, 0.15) is 31.7 Å². The van der Waals surface area contributed by atoms with Crippen LogP contribution in [0, 0.1) is 11.7 Å². The van der Waals surface area contributed by atoms with Crippen molar-refractivity contribution >= 4 is 21.6 Å². The van der Waals surface area contributed by atoms with E-state index in [0.29, 0.717) is 25.4 Å². The molecule has 1 saturated carbocycles. The summed E-state index contributed by atoms with van der Waals surface area (Å²) >= 11 is 5.90. The minimum absolute atomic E-state index is 0.0919. The highest BCUT2D eigenvalue weighted by Crippen LogP contribution is 2.33. The van der Waals surface area contributed by atoms with Gasteiger partial charge in [-0.3, -0.25) is 0 Å². The molecule has 118 valence electrons. The fourth-order valence-corrected chi connectivity index (χ4v) is 4.29. The Hall–Kier alpha value is -0.690. The van der Waals surface area contributed by atoms with E-state index in [2.05, 4.69) is 0 Å². The molecule has 1 aliphatic carbocycles. The van der Waals surface area contributed by atoms with Crippen LogP contribution in [0.2, 0.25) is 5.02 Å². The summed E-state index contributed by atoms with van der Waals surface area (Å²) in [5.41, 5.74) is 5.56. The molecule has 2 rings (SSSR count). The summed E-state index contributed by atoms with van der Waals surface area (Å²) in [6.07, 6.45) is 2.74. The first-order valence-electron chi connectivity index (χ1n) is 7.08. The molecule has 0 spiro atoms. The molecule has 1 aromatic carbocycles. The van der Waals surface area contributed by atoms with E-state index in [4.69, 9.17) is 17.3 Å². The van der Waals surface area contributed by atoms with Crippen molar-refractivity contribution in [2.75, 3.05) is 13.1 Å². The molecule has 1 aromatic rings. The summed E-state index contributed by atoms with van der Waals surface area (Å²) in [5.74, 6) is -0.402. The summed E-state index contributed by atoms with van der Waals surface area (Å²) in [6, 6.07) is 2.53. The van der Waals surface area contributed by atoms with Gasteiger partial charge in [-0.1, -0.05) is 18.5 Å². The Morgan fingerprint density at radius 3 is 2.62 bits per heavy atom. The van der Waals surface area contributed by atoms with Gasteiger partial charge in [-0.2, -0.15) is 4.31 Å². The molecule has 0 radical (unpaired) electrons. The predicted molar refractivity (Wildman–Crippen MR) is 81.1 cm³/mol. The second-order valence-corrected chi connectivity index (χ2v) is 7.73. The van der Waals surface area contributed by atoms with Gasteiger partial charge in [0.05, 0.1) is 0 Å². The molecule has 2 N–H and O–H groups in total. The van der Waals surface area contributed by atoms with E-state index in [-0.39, 0.29) is 22.0 Å². The zero-order valence-corrected chi connectivity index (χ0v) is 13.6. The Morgan fingerprint density at radius 2 is 2.10 bits per heavy atom. The summed E-state index contributed by atoms with van der Waals surface area (Å²) in [4.78, 5) is -0.371. The zero-order chi connectivity index (χ0) is 15.6. The molecule has 0 aliphatic heterocycles. The summed E-state index contributed by atoms with van der Waals surface area (Å²) in [5, 5.41) is 0.179. The van der Waals surface area contributed by atoms with Gasteiger partial charge in [0.15, 0.2) is 0 Å². The van der Waals surface area contributed by atoms with Crippen LogP contribution in [-0.2, 0) is 16.6 Å². The topological polar surface area (TPSA) is 63.4 Å². The molecule has 0 aromatic heterocycles. The molecule has 0 bridgehead atoms. The van der Waals surface area contributed by atoms with Gasteiger partial charge in [-0.25, -0.2) is 12.8 Å². The van der Waals surface area contributed by atoms with Crippen molar-refractivity contribution in [3.63, 3.8) is 0 Å². The van der Waals surface area contributed by atoms with Crippen LogP contribution in [0.15, 0.2) is 17.0 Å². The third-order valence-corrected chi connectivity index (χ3v) is 5.63. The Bertz CT molecular complexity index is 618. The van der Waals surface area contributed by atoms with Crippen LogP contribution in [0.25, 0.3) is 0 Å². The summed E-state index contributed by atoms with van der Waals surface area (Å²) in [7, 11) is -3.89. The molecule has 21 heavy (non-hydrogen) atoms. The number of hydrogen-bond acceptors (Lipinski definition) is 3. The molecular weight excluding hydrogens is 315 g/mol. The van der Waals surface area contributed by atoms with E-state index in [1.165, 1.54) is 16.4 Å². The van der Waals surface area contributed by atoms with Gasteiger partial charge in [-0.15, -0.1) is 0 Å². The predicted octanol–water partition coefficient (Wildman–Crippen LogP) is 2.75. The third-order valence-electron chi connectivity index (χ3n) is 3.55. The van der Waals surface area contributed by atoms with Crippen LogP contribution in [-0.4, -0.2) is 25.8 Å². The van der Waals surface area contributed by atoms with E-state index < -0.39 is 15.8 Å². The lowest BCUT2D eigenvalue weighted by atomic mass is 10.2. The fourth-order valence-electron chi connectivity index (χ4n) is 2.24. The van der Waals surface area contributed by atoms with Crippen LogP contribution in [0.3, 0.4) is 0 Å². The maximum absolute atomic E-state index is 14.4. The zero-order valence-electron chi connectivity index (χ0n) is 12.0. The average molecular weight is 335 g/mol. The molecule has 0 amide bonds. The Labute approximate surface area is 130 Å². The number of hydrogen-bond donors (Lipinski definition) is 1. The van der Waals surface area contributed by atoms with Crippen molar-refractivity contribution in [3.8, 4) is 0 Å². The summed E-state index contributed by atoms with van der Waals surface area (Å²) in [6.45, 7) is 2.63. The Kier molecular flexibility index (Phi) is 5.24. The third kappa shape index (κ3) is 3.74. The van der Waals surface area contributed by atoms with E-state index in [1.54, 1.807) is 0 Å². The molecule has 4 nitrogen and oxygen atoms in total. The van der Waals surface area contributed by atoms with E-state index in [1.807, 2.05) is 6.92 Å². The molecule has 7 heteroatoms. The van der Waals surface area contributed by atoms with E-state index in [0.717, 1.165) is 12.8 Å². The van der Waals surface area contributed by atoms with Crippen molar-refractivity contribution in [2.45, 2.75) is 37.6 Å². The largest absolute Gasteiger partial charge is 0.326 e. The number of halogens is 2. The van der Waals surface area contributed by atoms with Crippen LogP contribution < -0.4 is 5.73 Å². The molecule has 0 unspecified atom stereocenters. The molecule has 1 aliphatic rings. The standard InChI is InChI=1S/C14H20ClFN2O2S/c1-2-5-18(9-10-3-4-10)21(19,20)13-7-12(15)6-11(8-17)14(13)16/h6-7,10H,2-5,8-9,17H2,1H3. The average Bonchev–Trinajstić information content (AvgIpc) is 3.24. The molecule has 0 heterocycles. The van der Waals surface area contributed by atoms with Gasteiger partial charge >= 0.3 is 0 Å². The first-order chi connectivity index (χ1) is 9.90. The fraction of sp³-hybridized carbons (Fsp3) is 0.571. The summed E-state index contributed by atoms with van der Waals surface area (Å²) < 4.78 is 41.1. The highest BCUT2D eigenvalue weighted by atomic mass is 35.5. The van der Waals surface area contributed by atoms with Gasteiger partial charge in [-0.05, 0) is 37.3 Å². The maximum atomic E-state index is 14.4. The first kappa shape index (κ1) is 16.7. The van der Waals surface area contributed by atoms with E-state index in [9.17, 15) is 12.8 Å². The highest BCUT2D eigenvalue weighted by molar-refractivity contribution is 7.89. The van der Waals surface area contributed by atoms with Gasteiger partial charge in [0.1, 0.15) is 10.7 Å². The molecule has 0 atom stereocenters. The smallest absolute Gasteiger partial charge is 0.246 e. The van der Waals surface area contributed by atoms with Crippen molar-refractivity contribution < 1.29 is 12.8 Å². The molecule has 0 saturated heterocycles. The van der Waals surface area contributed by atoms with Crippen LogP contribution >= 0.6 is 11.6 Å². The normalized spacial score (nSPS) is 15.7. The SMILES string of the molecule is CCCN(CC1CC1)S(=O)(=O)c1cc(Cl)cc(CN)c1F. The van der Waals surface area contributed by atoms with Gasteiger partial charge in [0.25, 0.3) is 0 Å². The van der Waals surface area contributed by atoms with Gasteiger partial charge in [0, 0.05) is 30.2 Å². The number of rotatable bonds is 7. The second-order valence-electron chi connectivity index (χ2n) is 5.39. The van der Waals surface area contributed by atoms with Gasteiger partial charge in [0.2, 0.25) is 10.0 Å². The van der Waals surface area contributed by atoms with Gasteiger partial charge < -0.3 is 5.73 Å². The lowest BCUT2D eigenvalue weighted by Crippen LogP contribution is -2.34. The Balaban J connectivity index is 2.43. The van der Waals surface area contributed by atoms with Crippen molar-refractivity contribution in [2.24, 2.45) is 11.7 Å². The number of benzene rings is 1. The highest BCUT2D eigenvalue weighted by Gasteiger charge is 2.33. The number of sulfonamides is 1. The Morgan fingerprint density at radius 1 is 1.43 bits per heavy atom. The minimum atomic E-state index is -3.89. The molecule has 1 fully saturated rings. The van der Waals surface area contributed by atoms with Crippen molar-refractivity contribution in [1.29, 1.82) is 0 Å². The minimum Gasteiger partial charge on any atom is -0.326 e. The second kappa shape index (κ2) is 6.60. The first-order valence-corrected chi connectivity index (χ1v) is 8.90. The molecular formula is C14H20ClFN2O2S. The quantitative estimate of drug-likeness (QED) is 0.834. The lowest BCUT2D eigenvalue weighted by molar-refractivity contribution is 0.392. The monoisotopic (exact) mass is 334 g/mol. The maximum Gasteiger partial charge on any atom is 0.246 e. The van der Waals surface area contributed by atoms with Crippen molar-refractivity contribution in [1.82, 2.24) is 4.31 Å². The van der Waals surface area contributed by atoms with E-state index >= 15 is 0 Å². The number of nitrogens with two attached hydrogens (primary N) is 1. The number of nitrogens with zero attached hydrogens (tertiary/aromatic N) is 1. The van der Waals surface area contributed by atoms with Crippen LogP contribution in [0.5, 0.6) is 0 Å². The van der Waals surface area contributed by atoms with Crippen molar-refractivity contribution in [3.05, 3.63) is 28.5 Å².